The maximum absolute atomic E-state index is 11.9. The van der Waals surface area contributed by atoms with Crippen molar-refractivity contribution in [2.45, 2.75) is 26.3 Å². The molecule has 0 fully saturated rings. The van der Waals surface area contributed by atoms with Gasteiger partial charge < -0.3 is 16.0 Å². The van der Waals surface area contributed by atoms with E-state index >= 15 is 0 Å². The fourth-order valence-corrected chi connectivity index (χ4v) is 2.97. The van der Waals surface area contributed by atoms with Gasteiger partial charge in [-0.05, 0) is 31.9 Å². The summed E-state index contributed by atoms with van der Waals surface area (Å²) in [5, 5.41) is 2.77. The Morgan fingerprint density at radius 2 is 1.96 bits per heavy atom. The van der Waals surface area contributed by atoms with Gasteiger partial charge >= 0.3 is 0 Å². The summed E-state index contributed by atoms with van der Waals surface area (Å²) < 4.78 is 22.2. The van der Waals surface area contributed by atoms with Crippen molar-refractivity contribution in [2.75, 3.05) is 36.5 Å². The van der Waals surface area contributed by atoms with Crippen molar-refractivity contribution >= 4 is 33.8 Å². The molecule has 0 aliphatic heterocycles. The second kappa shape index (κ2) is 10.5. The fourth-order valence-electron chi connectivity index (χ4n) is 2.28. The molecule has 0 saturated heterocycles. The summed E-state index contributed by atoms with van der Waals surface area (Å²) in [6.07, 6.45) is 1.28. The van der Waals surface area contributed by atoms with Gasteiger partial charge in [-0.25, -0.2) is 8.42 Å². The van der Waals surface area contributed by atoms with Crippen LogP contribution in [-0.2, 0) is 14.6 Å². The average Bonchev–Trinajstić information content (AvgIpc) is 2.49. The van der Waals surface area contributed by atoms with Crippen LogP contribution in [0.4, 0.5) is 5.69 Å². The standard InChI is InChI=1S/C16H27N3O3S.ClH/c1-4-19(15-8-6-5-7-13(15)2)11-10-18-16(20)14(17)9-12-23(3,21)22;/h5-8,14H,4,9-12,17H2,1-3H3,(H,18,20);1H. The zero-order valence-electron chi connectivity index (χ0n) is 14.5. The Bertz CT molecular complexity index is 623. The van der Waals surface area contributed by atoms with Crippen LogP contribution in [0.3, 0.4) is 0 Å². The summed E-state index contributed by atoms with van der Waals surface area (Å²) in [6.45, 7) is 6.09. The van der Waals surface area contributed by atoms with Gasteiger partial charge in [-0.15, -0.1) is 12.4 Å². The van der Waals surface area contributed by atoms with E-state index in [0.29, 0.717) is 13.1 Å². The van der Waals surface area contributed by atoms with Crippen LogP contribution in [0, 0.1) is 6.92 Å². The SMILES string of the molecule is CCN(CCNC(=O)C(N)CCS(C)(=O)=O)c1ccccc1C.Cl. The molecule has 0 aliphatic carbocycles. The van der Waals surface area contributed by atoms with E-state index in [1.165, 1.54) is 5.56 Å². The minimum Gasteiger partial charge on any atom is -0.370 e. The van der Waals surface area contributed by atoms with Crippen LogP contribution < -0.4 is 16.0 Å². The minimum atomic E-state index is -3.10. The molecule has 8 heteroatoms. The first kappa shape index (κ1) is 22.7. The lowest BCUT2D eigenvalue weighted by molar-refractivity contribution is -0.122. The molecule has 1 aromatic carbocycles. The van der Waals surface area contributed by atoms with Gasteiger partial charge in [-0.3, -0.25) is 4.79 Å². The van der Waals surface area contributed by atoms with Crippen LogP contribution in [-0.4, -0.2) is 52.0 Å². The van der Waals surface area contributed by atoms with E-state index in [2.05, 4.69) is 36.2 Å². The van der Waals surface area contributed by atoms with Gasteiger partial charge in [-0.1, -0.05) is 18.2 Å². The van der Waals surface area contributed by atoms with Gasteiger partial charge in [0.25, 0.3) is 0 Å². The highest BCUT2D eigenvalue weighted by atomic mass is 35.5. The Kier molecular flexibility index (Phi) is 9.96. The Labute approximate surface area is 151 Å². The van der Waals surface area contributed by atoms with E-state index in [4.69, 9.17) is 5.73 Å². The van der Waals surface area contributed by atoms with Crippen LogP contribution in [0.25, 0.3) is 0 Å². The second-order valence-corrected chi connectivity index (χ2v) is 7.94. The first-order valence-electron chi connectivity index (χ1n) is 7.76. The zero-order valence-corrected chi connectivity index (χ0v) is 16.1. The third kappa shape index (κ3) is 7.99. The lowest BCUT2D eigenvalue weighted by atomic mass is 10.2. The molecule has 0 aliphatic rings. The zero-order chi connectivity index (χ0) is 17.5. The number of nitrogens with zero attached hydrogens (tertiary/aromatic N) is 1. The topological polar surface area (TPSA) is 92.5 Å². The highest BCUT2D eigenvalue weighted by Gasteiger charge is 2.16. The van der Waals surface area contributed by atoms with Crippen molar-refractivity contribution in [2.24, 2.45) is 5.73 Å². The van der Waals surface area contributed by atoms with Crippen molar-refractivity contribution in [3.05, 3.63) is 29.8 Å². The third-order valence-corrected chi connectivity index (χ3v) is 4.63. The largest absolute Gasteiger partial charge is 0.370 e. The molecule has 0 aromatic heterocycles. The van der Waals surface area contributed by atoms with E-state index in [1.54, 1.807) is 0 Å². The number of hydrogen-bond acceptors (Lipinski definition) is 5. The Morgan fingerprint density at radius 1 is 1.33 bits per heavy atom. The number of benzene rings is 1. The molecule has 6 nitrogen and oxygen atoms in total. The number of sulfone groups is 1. The predicted molar refractivity (Wildman–Crippen MR) is 102 cm³/mol. The number of nitrogens with two attached hydrogens (primary N) is 1. The van der Waals surface area contributed by atoms with E-state index in [1.807, 2.05) is 12.1 Å². The Balaban J connectivity index is 0.00000529. The molecular weight excluding hydrogens is 350 g/mol. The molecule has 1 rings (SSSR count). The first-order valence-corrected chi connectivity index (χ1v) is 9.82. The number of hydrogen-bond donors (Lipinski definition) is 2. The quantitative estimate of drug-likeness (QED) is 0.672. The number of anilines is 1. The van der Waals surface area contributed by atoms with Gasteiger partial charge in [0.05, 0.1) is 11.8 Å². The van der Waals surface area contributed by atoms with Crippen LogP contribution in [0.2, 0.25) is 0 Å². The molecule has 1 aromatic rings. The average molecular weight is 378 g/mol. The summed E-state index contributed by atoms with van der Waals surface area (Å²) in [4.78, 5) is 14.1. The minimum absolute atomic E-state index is 0. The molecule has 0 bridgehead atoms. The van der Waals surface area contributed by atoms with Crippen LogP contribution in [0.1, 0.15) is 18.9 Å². The normalized spacial score (nSPS) is 12.2. The fraction of sp³-hybridized carbons (Fsp3) is 0.562. The summed E-state index contributed by atoms with van der Waals surface area (Å²) in [5.74, 6) is -0.388. The van der Waals surface area contributed by atoms with Crippen molar-refractivity contribution in [1.29, 1.82) is 0 Å². The van der Waals surface area contributed by atoms with Gasteiger partial charge in [0, 0.05) is 31.6 Å². The van der Waals surface area contributed by atoms with Crippen molar-refractivity contribution in [3.63, 3.8) is 0 Å². The van der Waals surface area contributed by atoms with E-state index in [0.717, 1.165) is 18.5 Å². The number of nitrogens with one attached hydrogen (secondary N) is 1. The molecule has 1 atom stereocenters. The molecule has 0 spiro atoms. The molecule has 0 saturated carbocycles. The molecule has 3 N–H and O–H groups in total. The summed E-state index contributed by atoms with van der Waals surface area (Å²) in [7, 11) is -3.10. The second-order valence-electron chi connectivity index (χ2n) is 5.68. The van der Waals surface area contributed by atoms with E-state index in [9.17, 15) is 13.2 Å². The predicted octanol–water partition coefficient (Wildman–Crippen LogP) is 1.12. The van der Waals surface area contributed by atoms with Gasteiger partial charge in [-0.2, -0.15) is 0 Å². The van der Waals surface area contributed by atoms with Crippen LogP contribution >= 0.6 is 12.4 Å². The molecular formula is C16H28ClN3O3S. The number of aryl methyl sites for hydroxylation is 1. The number of likely N-dealkylation sites (N-methyl/N-ethyl adjacent to an activating group) is 1. The lowest BCUT2D eigenvalue weighted by Gasteiger charge is -2.25. The maximum atomic E-state index is 11.9. The summed E-state index contributed by atoms with van der Waals surface area (Å²) in [6, 6.07) is 7.30. The number of amides is 1. The van der Waals surface area contributed by atoms with Crippen molar-refractivity contribution < 1.29 is 13.2 Å². The monoisotopic (exact) mass is 377 g/mol. The molecule has 1 unspecified atom stereocenters. The van der Waals surface area contributed by atoms with Crippen molar-refractivity contribution in [3.8, 4) is 0 Å². The van der Waals surface area contributed by atoms with Crippen molar-refractivity contribution in [1.82, 2.24) is 5.32 Å². The highest BCUT2D eigenvalue weighted by molar-refractivity contribution is 7.90. The molecule has 0 radical (unpaired) electrons. The molecule has 24 heavy (non-hydrogen) atoms. The van der Waals surface area contributed by atoms with Gasteiger partial charge in [0.1, 0.15) is 9.84 Å². The van der Waals surface area contributed by atoms with E-state index < -0.39 is 15.9 Å². The number of halogens is 1. The van der Waals surface area contributed by atoms with Crippen LogP contribution in [0.15, 0.2) is 24.3 Å². The lowest BCUT2D eigenvalue weighted by Crippen LogP contribution is -2.44. The number of rotatable bonds is 9. The summed E-state index contributed by atoms with van der Waals surface area (Å²) in [5.41, 5.74) is 8.05. The van der Waals surface area contributed by atoms with Gasteiger partial charge in [0.15, 0.2) is 0 Å². The van der Waals surface area contributed by atoms with Crippen LogP contribution in [0.5, 0.6) is 0 Å². The highest BCUT2D eigenvalue weighted by Crippen LogP contribution is 2.18. The molecule has 0 heterocycles. The number of carbonyl (C=O) groups is 1. The van der Waals surface area contributed by atoms with Gasteiger partial charge in [0.2, 0.25) is 5.91 Å². The molecule has 138 valence electrons. The Morgan fingerprint density at radius 3 is 2.50 bits per heavy atom. The first-order chi connectivity index (χ1) is 10.7. The Hall–Kier alpha value is -1.31. The maximum Gasteiger partial charge on any atom is 0.237 e. The summed E-state index contributed by atoms with van der Waals surface area (Å²) >= 11 is 0. The smallest absolute Gasteiger partial charge is 0.237 e. The number of para-hydroxylation sites is 1. The molecule has 1 amide bonds. The van der Waals surface area contributed by atoms with E-state index in [-0.39, 0.29) is 30.5 Å². The number of carbonyl (C=O) groups excluding carboxylic acids is 1. The third-order valence-electron chi connectivity index (χ3n) is 3.66.